The molecule has 0 bridgehead atoms. The first-order valence-electron chi connectivity index (χ1n) is 6.27. The number of hydrogen-bond donors (Lipinski definition) is 2. The molecule has 1 fully saturated rings. The minimum atomic E-state index is -0.600. The summed E-state index contributed by atoms with van der Waals surface area (Å²) in [5, 5.41) is 5.37. The fourth-order valence-corrected chi connectivity index (χ4v) is 3.00. The fraction of sp³-hybridized carbons (Fsp3) is 0.308. The van der Waals surface area contributed by atoms with Gasteiger partial charge in [0.1, 0.15) is 0 Å². The van der Waals surface area contributed by atoms with Crippen LogP contribution in [0.4, 0.5) is 11.4 Å². The second-order valence-electron chi connectivity index (χ2n) is 4.72. The van der Waals surface area contributed by atoms with Gasteiger partial charge in [0.15, 0.2) is 0 Å². The van der Waals surface area contributed by atoms with Crippen LogP contribution in [0.15, 0.2) is 16.6 Å². The SMILES string of the molecule is O=C1CCN(c2cc3c(cc2Br)C(=O)C(=O)N3)CCN1. The average molecular weight is 338 g/mol. The summed E-state index contributed by atoms with van der Waals surface area (Å²) in [7, 11) is 0. The number of nitrogens with zero attached hydrogens (tertiary/aromatic N) is 1. The monoisotopic (exact) mass is 337 g/mol. The molecular formula is C13H12BrN3O3. The van der Waals surface area contributed by atoms with Crippen molar-refractivity contribution in [3.8, 4) is 0 Å². The van der Waals surface area contributed by atoms with E-state index in [1.807, 2.05) is 0 Å². The zero-order valence-electron chi connectivity index (χ0n) is 10.5. The molecule has 7 heteroatoms. The van der Waals surface area contributed by atoms with Crippen LogP contribution in [0, 0.1) is 0 Å². The third-order valence-corrected chi connectivity index (χ3v) is 4.07. The van der Waals surface area contributed by atoms with Gasteiger partial charge in [0.2, 0.25) is 5.91 Å². The number of anilines is 2. The Morgan fingerprint density at radius 1 is 1.15 bits per heavy atom. The van der Waals surface area contributed by atoms with Crippen LogP contribution >= 0.6 is 15.9 Å². The first-order valence-corrected chi connectivity index (χ1v) is 7.06. The van der Waals surface area contributed by atoms with Crippen LogP contribution in [0.25, 0.3) is 0 Å². The molecule has 2 aliphatic heterocycles. The molecule has 2 amide bonds. The molecule has 2 heterocycles. The van der Waals surface area contributed by atoms with Crippen molar-refractivity contribution in [3.05, 3.63) is 22.2 Å². The minimum Gasteiger partial charge on any atom is -0.368 e. The van der Waals surface area contributed by atoms with Crippen molar-refractivity contribution in [2.24, 2.45) is 0 Å². The zero-order valence-corrected chi connectivity index (χ0v) is 12.1. The van der Waals surface area contributed by atoms with Crippen molar-refractivity contribution in [2.45, 2.75) is 6.42 Å². The molecule has 0 radical (unpaired) electrons. The smallest absolute Gasteiger partial charge is 0.296 e. The van der Waals surface area contributed by atoms with E-state index in [0.717, 1.165) is 10.2 Å². The van der Waals surface area contributed by atoms with E-state index in [1.165, 1.54) is 0 Å². The maximum Gasteiger partial charge on any atom is 0.296 e. The summed E-state index contributed by atoms with van der Waals surface area (Å²) in [6.45, 7) is 1.86. The largest absolute Gasteiger partial charge is 0.368 e. The molecule has 0 spiro atoms. The van der Waals surface area contributed by atoms with E-state index >= 15 is 0 Å². The van der Waals surface area contributed by atoms with Crippen molar-refractivity contribution < 1.29 is 14.4 Å². The van der Waals surface area contributed by atoms with Gasteiger partial charge in [0.05, 0.1) is 16.9 Å². The van der Waals surface area contributed by atoms with Crippen LogP contribution in [-0.4, -0.2) is 37.2 Å². The lowest BCUT2D eigenvalue weighted by molar-refractivity contribution is -0.120. The highest BCUT2D eigenvalue weighted by atomic mass is 79.9. The zero-order chi connectivity index (χ0) is 14.3. The lowest BCUT2D eigenvalue weighted by Gasteiger charge is -2.23. The Balaban J connectivity index is 1.95. The standard InChI is InChI=1S/C13H12BrN3O3/c14-8-5-7-9(16-13(20)12(7)19)6-10(8)17-3-1-11(18)15-2-4-17/h5-6H,1-4H2,(H,15,18)(H,16,19,20). The van der Waals surface area contributed by atoms with E-state index in [4.69, 9.17) is 0 Å². The molecule has 20 heavy (non-hydrogen) atoms. The van der Waals surface area contributed by atoms with Crippen molar-refractivity contribution in [3.63, 3.8) is 0 Å². The molecule has 104 valence electrons. The Bertz CT molecular complexity index is 630. The van der Waals surface area contributed by atoms with Crippen molar-refractivity contribution in [2.75, 3.05) is 29.9 Å². The Kier molecular flexibility index (Phi) is 3.21. The Hall–Kier alpha value is -1.89. The van der Waals surface area contributed by atoms with Gasteiger partial charge in [-0.25, -0.2) is 0 Å². The lowest BCUT2D eigenvalue weighted by Crippen LogP contribution is -2.28. The molecule has 0 unspecified atom stereocenters. The number of carbonyl (C=O) groups excluding carboxylic acids is 3. The highest BCUT2D eigenvalue weighted by molar-refractivity contribution is 9.10. The predicted molar refractivity (Wildman–Crippen MR) is 76.9 cm³/mol. The molecule has 0 saturated carbocycles. The number of hydrogen-bond acceptors (Lipinski definition) is 4. The molecular weight excluding hydrogens is 326 g/mol. The van der Waals surface area contributed by atoms with Crippen molar-refractivity contribution >= 4 is 44.9 Å². The maximum absolute atomic E-state index is 11.6. The number of Topliss-reactive ketones (excluding diaryl/α,β-unsaturated/α-hetero) is 1. The van der Waals surface area contributed by atoms with Gasteiger partial charge in [-0.05, 0) is 28.1 Å². The summed E-state index contributed by atoms with van der Waals surface area (Å²) in [6.07, 6.45) is 0.425. The van der Waals surface area contributed by atoms with Gasteiger partial charge in [0, 0.05) is 30.5 Å². The molecule has 2 N–H and O–H groups in total. The van der Waals surface area contributed by atoms with E-state index in [0.29, 0.717) is 37.3 Å². The van der Waals surface area contributed by atoms with Gasteiger partial charge < -0.3 is 15.5 Å². The Labute approximate surface area is 123 Å². The molecule has 1 aromatic rings. The Morgan fingerprint density at radius 3 is 2.75 bits per heavy atom. The van der Waals surface area contributed by atoms with Crippen molar-refractivity contribution in [1.82, 2.24) is 5.32 Å². The van der Waals surface area contributed by atoms with Gasteiger partial charge in [-0.3, -0.25) is 14.4 Å². The van der Waals surface area contributed by atoms with Gasteiger partial charge in [-0.1, -0.05) is 0 Å². The maximum atomic E-state index is 11.6. The first kappa shape index (κ1) is 13.1. The summed E-state index contributed by atoms with van der Waals surface area (Å²) < 4.78 is 0.746. The van der Waals surface area contributed by atoms with E-state index in [9.17, 15) is 14.4 Å². The molecule has 3 rings (SSSR count). The van der Waals surface area contributed by atoms with Crippen molar-refractivity contribution in [1.29, 1.82) is 0 Å². The number of benzene rings is 1. The van der Waals surface area contributed by atoms with Crippen LogP contribution in [0.3, 0.4) is 0 Å². The summed E-state index contributed by atoms with van der Waals surface area (Å²) in [5.41, 5.74) is 1.78. The third-order valence-electron chi connectivity index (χ3n) is 3.44. The molecule has 1 aromatic carbocycles. The number of amides is 2. The quantitative estimate of drug-likeness (QED) is 0.746. The number of carbonyl (C=O) groups is 3. The normalized spacial score (nSPS) is 18.4. The van der Waals surface area contributed by atoms with E-state index < -0.39 is 11.7 Å². The summed E-state index contributed by atoms with van der Waals surface area (Å²) in [5.74, 6) is -1.08. The van der Waals surface area contributed by atoms with Crippen LogP contribution in [0.1, 0.15) is 16.8 Å². The second kappa shape index (κ2) is 4.90. The topological polar surface area (TPSA) is 78.5 Å². The average Bonchev–Trinajstić information content (AvgIpc) is 2.60. The predicted octanol–water partition coefficient (Wildman–Crippen LogP) is 0.910. The number of ketones is 1. The van der Waals surface area contributed by atoms with Crippen LogP contribution in [0.2, 0.25) is 0 Å². The summed E-state index contributed by atoms with van der Waals surface area (Å²) in [6, 6.07) is 3.43. The van der Waals surface area contributed by atoms with Crippen LogP contribution < -0.4 is 15.5 Å². The van der Waals surface area contributed by atoms with Gasteiger partial charge in [-0.15, -0.1) is 0 Å². The summed E-state index contributed by atoms with van der Waals surface area (Å²) >= 11 is 3.44. The van der Waals surface area contributed by atoms with Crippen LogP contribution in [0.5, 0.6) is 0 Å². The van der Waals surface area contributed by atoms with Crippen LogP contribution in [-0.2, 0) is 9.59 Å². The lowest BCUT2D eigenvalue weighted by atomic mass is 10.1. The fourth-order valence-electron chi connectivity index (χ4n) is 2.40. The molecule has 0 aromatic heterocycles. The molecule has 6 nitrogen and oxygen atoms in total. The van der Waals surface area contributed by atoms with Gasteiger partial charge in [-0.2, -0.15) is 0 Å². The molecule has 2 aliphatic rings. The number of rotatable bonds is 1. The Morgan fingerprint density at radius 2 is 1.95 bits per heavy atom. The highest BCUT2D eigenvalue weighted by Crippen LogP contribution is 2.35. The minimum absolute atomic E-state index is 0.0354. The first-order chi connectivity index (χ1) is 9.56. The van der Waals surface area contributed by atoms with Gasteiger partial charge >= 0.3 is 0 Å². The highest BCUT2D eigenvalue weighted by Gasteiger charge is 2.30. The molecule has 0 aliphatic carbocycles. The number of nitrogens with one attached hydrogen (secondary N) is 2. The van der Waals surface area contributed by atoms with E-state index in [-0.39, 0.29) is 5.91 Å². The van der Waals surface area contributed by atoms with E-state index in [2.05, 4.69) is 31.5 Å². The van der Waals surface area contributed by atoms with E-state index in [1.54, 1.807) is 12.1 Å². The number of halogens is 1. The second-order valence-corrected chi connectivity index (χ2v) is 5.57. The molecule has 0 atom stereocenters. The molecule has 1 saturated heterocycles. The van der Waals surface area contributed by atoms with Gasteiger partial charge in [0.25, 0.3) is 11.7 Å². The summed E-state index contributed by atoms with van der Waals surface area (Å²) in [4.78, 5) is 36.4. The third kappa shape index (κ3) is 2.18. The number of fused-ring (bicyclic) bond motifs is 1.